The Labute approximate surface area is 126 Å². The quantitative estimate of drug-likeness (QED) is 0.520. The zero-order chi connectivity index (χ0) is 14.9. The molecular weight excluding hydrogens is 264 g/mol. The van der Waals surface area contributed by atoms with Gasteiger partial charge in [0.1, 0.15) is 0 Å². The Bertz CT molecular complexity index is 518. The summed E-state index contributed by atoms with van der Waals surface area (Å²) in [7, 11) is 0. The summed E-state index contributed by atoms with van der Waals surface area (Å²) in [5, 5.41) is 4.80. The van der Waals surface area contributed by atoms with E-state index in [0.717, 1.165) is 25.9 Å². The van der Waals surface area contributed by atoms with Crippen molar-refractivity contribution in [2.24, 2.45) is 0 Å². The summed E-state index contributed by atoms with van der Waals surface area (Å²) in [6.45, 7) is 7.27. The minimum Gasteiger partial charge on any atom is -0.361 e. The molecule has 0 aliphatic carbocycles. The van der Waals surface area contributed by atoms with Crippen LogP contribution in [0, 0.1) is 0 Å². The lowest BCUT2D eigenvalue weighted by molar-refractivity contribution is -0.139. The Morgan fingerprint density at radius 2 is 1.95 bits per heavy atom. The van der Waals surface area contributed by atoms with Gasteiger partial charge in [0.15, 0.2) is 6.29 Å². The van der Waals surface area contributed by atoms with E-state index in [0.29, 0.717) is 13.2 Å². The van der Waals surface area contributed by atoms with Crippen molar-refractivity contribution in [2.45, 2.75) is 39.5 Å². The molecule has 0 amide bonds. The summed E-state index contributed by atoms with van der Waals surface area (Å²) in [5.74, 6) is 0. The molecule has 0 bridgehead atoms. The topological polar surface area (TPSA) is 46.3 Å². The van der Waals surface area contributed by atoms with Gasteiger partial charge in [0.25, 0.3) is 0 Å². The van der Waals surface area contributed by atoms with Gasteiger partial charge < -0.3 is 19.8 Å². The zero-order valence-electron chi connectivity index (χ0n) is 13.0. The van der Waals surface area contributed by atoms with Crippen LogP contribution in [0.4, 0.5) is 0 Å². The first-order valence-electron chi connectivity index (χ1n) is 7.84. The largest absolute Gasteiger partial charge is 0.361 e. The number of fused-ring (bicyclic) bond motifs is 1. The lowest BCUT2D eigenvalue weighted by Gasteiger charge is -2.16. The van der Waals surface area contributed by atoms with Gasteiger partial charge in [-0.3, -0.25) is 0 Å². The van der Waals surface area contributed by atoms with E-state index in [1.54, 1.807) is 0 Å². The molecule has 2 rings (SSSR count). The highest BCUT2D eigenvalue weighted by molar-refractivity contribution is 5.82. The molecule has 116 valence electrons. The molecule has 0 spiro atoms. The van der Waals surface area contributed by atoms with Crippen LogP contribution in [0.2, 0.25) is 0 Å². The second kappa shape index (κ2) is 8.82. The monoisotopic (exact) mass is 290 g/mol. The highest BCUT2D eigenvalue weighted by Gasteiger charge is 2.07. The van der Waals surface area contributed by atoms with Gasteiger partial charge in [-0.15, -0.1) is 0 Å². The molecule has 0 saturated heterocycles. The second-order valence-corrected chi connectivity index (χ2v) is 5.02. The number of nitrogens with one attached hydrogen (secondary N) is 2. The number of hydrogen-bond donors (Lipinski definition) is 2. The number of rotatable bonds is 10. The van der Waals surface area contributed by atoms with E-state index < -0.39 is 0 Å². The first-order valence-corrected chi connectivity index (χ1v) is 7.84. The maximum atomic E-state index is 5.54. The summed E-state index contributed by atoms with van der Waals surface area (Å²) < 4.78 is 11.1. The average Bonchev–Trinajstić information content (AvgIpc) is 2.96. The van der Waals surface area contributed by atoms with Crippen LogP contribution in [0.3, 0.4) is 0 Å². The van der Waals surface area contributed by atoms with Gasteiger partial charge in [0.2, 0.25) is 0 Å². The van der Waals surface area contributed by atoms with Crippen molar-refractivity contribution in [3.8, 4) is 0 Å². The third-order valence-electron chi connectivity index (χ3n) is 3.50. The normalized spacial score (nSPS) is 11.6. The van der Waals surface area contributed by atoms with E-state index >= 15 is 0 Å². The van der Waals surface area contributed by atoms with Crippen molar-refractivity contribution in [3.05, 3.63) is 36.0 Å². The molecule has 21 heavy (non-hydrogen) atoms. The van der Waals surface area contributed by atoms with Crippen LogP contribution in [0.25, 0.3) is 10.9 Å². The number of hydrogen-bond acceptors (Lipinski definition) is 3. The summed E-state index contributed by atoms with van der Waals surface area (Å²) in [6.07, 6.45) is 3.91. The van der Waals surface area contributed by atoms with E-state index in [4.69, 9.17) is 9.47 Å². The molecule has 0 unspecified atom stereocenters. The third-order valence-corrected chi connectivity index (χ3v) is 3.50. The molecule has 1 heterocycles. The number of ether oxygens (including phenoxy) is 2. The molecule has 0 aliphatic rings. The van der Waals surface area contributed by atoms with Crippen molar-refractivity contribution in [1.82, 2.24) is 10.3 Å². The van der Waals surface area contributed by atoms with Gasteiger partial charge in [0.05, 0.1) is 0 Å². The Morgan fingerprint density at radius 3 is 2.71 bits per heavy atom. The first kappa shape index (κ1) is 16.0. The van der Waals surface area contributed by atoms with E-state index in [-0.39, 0.29) is 6.29 Å². The van der Waals surface area contributed by atoms with Crippen LogP contribution in [-0.4, -0.2) is 31.0 Å². The molecule has 1 aromatic carbocycles. The third kappa shape index (κ3) is 4.84. The Hall–Kier alpha value is -1.36. The van der Waals surface area contributed by atoms with Crippen LogP contribution in [-0.2, 0) is 16.0 Å². The SMILES string of the molecule is CCOC(CCCNCc1cccc2[nH]ccc12)OCC. The minimum atomic E-state index is -0.0603. The van der Waals surface area contributed by atoms with Crippen molar-refractivity contribution in [1.29, 1.82) is 0 Å². The van der Waals surface area contributed by atoms with Gasteiger partial charge in [0, 0.05) is 36.9 Å². The Kier molecular flexibility index (Phi) is 6.73. The van der Waals surface area contributed by atoms with E-state index in [1.165, 1.54) is 16.5 Å². The van der Waals surface area contributed by atoms with Crippen molar-refractivity contribution >= 4 is 10.9 Å². The summed E-state index contributed by atoms with van der Waals surface area (Å²) in [6, 6.07) is 8.50. The van der Waals surface area contributed by atoms with Crippen LogP contribution in [0.1, 0.15) is 32.3 Å². The Morgan fingerprint density at radius 1 is 1.14 bits per heavy atom. The molecule has 2 N–H and O–H groups in total. The molecule has 4 nitrogen and oxygen atoms in total. The molecule has 1 aromatic heterocycles. The molecule has 0 aliphatic heterocycles. The number of benzene rings is 1. The van der Waals surface area contributed by atoms with Gasteiger partial charge in [-0.05, 0) is 50.9 Å². The lowest BCUT2D eigenvalue weighted by Crippen LogP contribution is -2.21. The van der Waals surface area contributed by atoms with Crippen molar-refractivity contribution in [3.63, 3.8) is 0 Å². The highest BCUT2D eigenvalue weighted by Crippen LogP contribution is 2.17. The highest BCUT2D eigenvalue weighted by atomic mass is 16.7. The molecule has 0 saturated carbocycles. The van der Waals surface area contributed by atoms with Crippen molar-refractivity contribution in [2.75, 3.05) is 19.8 Å². The fourth-order valence-corrected chi connectivity index (χ4v) is 2.51. The Balaban J connectivity index is 1.71. The maximum Gasteiger partial charge on any atom is 0.157 e. The molecule has 0 fully saturated rings. The van der Waals surface area contributed by atoms with Gasteiger partial charge in [-0.1, -0.05) is 12.1 Å². The average molecular weight is 290 g/mol. The van der Waals surface area contributed by atoms with Gasteiger partial charge in [-0.25, -0.2) is 0 Å². The number of H-pyrrole nitrogens is 1. The predicted octanol–water partition coefficient (Wildman–Crippen LogP) is 3.44. The van der Waals surface area contributed by atoms with E-state index in [9.17, 15) is 0 Å². The van der Waals surface area contributed by atoms with Gasteiger partial charge >= 0.3 is 0 Å². The van der Waals surface area contributed by atoms with Crippen LogP contribution >= 0.6 is 0 Å². The van der Waals surface area contributed by atoms with E-state index in [1.807, 2.05) is 20.0 Å². The van der Waals surface area contributed by atoms with Crippen LogP contribution in [0.15, 0.2) is 30.5 Å². The van der Waals surface area contributed by atoms with Gasteiger partial charge in [-0.2, -0.15) is 0 Å². The van der Waals surface area contributed by atoms with E-state index in [2.05, 4.69) is 34.6 Å². The van der Waals surface area contributed by atoms with Crippen LogP contribution in [0.5, 0.6) is 0 Å². The lowest BCUT2D eigenvalue weighted by atomic mass is 10.1. The summed E-state index contributed by atoms with van der Waals surface area (Å²) in [4.78, 5) is 3.24. The smallest absolute Gasteiger partial charge is 0.157 e. The zero-order valence-corrected chi connectivity index (χ0v) is 13.0. The molecule has 2 aromatic rings. The molecule has 4 heteroatoms. The molecule has 0 atom stereocenters. The number of aromatic nitrogens is 1. The fraction of sp³-hybridized carbons (Fsp3) is 0.529. The van der Waals surface area contributed by atoms with Crippen LogP contribution < -0.4 is 5.32 Å². The molecular formula is C17H26N2O2. The molecule has 0 radical (unpaired) electrons. The summed E-state index contributed by atoms with van der Waals surface area (Å²) >= 11 is 0. The van der Waals surface area contributed by atoms with Crippen molar-refractivity contribution < 1.29 is 9.47 Å². The minimum absolute atomic E-state index is 0.0603. The predicted molar refractivity (Wildman–Crippen MR) is 86.3 cm³/mol. The second-order valence-electron chi connectivity index (χ2n) is 5.02. The maximum absolute atomic E-state index is 5.54. The summed E-state index contributed by atoms with van der Waals surface area (Å²) in [5.41, 5.74) is 2.53. The first-order chi connectivity index (χ1) is 10.3. The number of aromatic amines is 1. The fourth-order valence-electron chi connectivity index (χ4n) is 2.51. The standard InChI is InChI=1S/C17H26N2O2/c1-3-20-17(21-4-2)9-6-11-18-13-14-7-5-8-16-15(14)10-12-19-16/h5,7-8,10,12,17-19H,3-4,6,9,11,13H2,1-2H3.